The molecule has 0 saturated heterocycles. The number of aromatic carboxylic acids is 1. The number of aryl methyl sites for hydroxylation is 1. The molecule has 7 nitrogen and oxygen atoms in total. The van der Waals surface area contributed by atoms with Gasteiger partial charge in [0.25, 0.3) is 5.56 Å². The zero-order valence-corrected chi connectivity index (χ0v) is 13.2. The number of nitrogens with zero attached hydrogens (tertiary/aromatic N) is 2. The van der Waals surface area contributed by atoms with E-state index in [9.17, 15) is 23.9 Å². The van der Waals surface area contributed by atoms with Crippen molar-refractivity contribution in [3.05, 3.63) is 62.6 Å². The molecule has 0 bridgehead atoms. The van der Waals surface area contributed by atoms with Crippen molar-refractivity contribution in [2.75, 3.05) is 0 Å². The van der Waals surface area contributed by atoms with E-state index >= 15 is 0 Å². The highest BCUT2D eigenvalue weighted by molar-refractivity contribution is 6.01. The molecule has 128 valence electrons. The normalized spacial score (nSPS) is 11.0. The SMILES string of the molecule is CCCn1c(=O)[nH]c(=O)c2c(C(=O)[O-])cc(-c3ccccc3F)nc21. The van der Waals surface area contributed by atoms with Gasteiger partial charge in [0.1, 0.15) is 5.82 Å². The van der Waals surface area contributed by atoms with Crippen molar-refractivity contribution in [2.24, 2.45) is 0 Å². The largest absolute Gasteiger partial charge is 0.545 e. The lowest BCUT2D eigenvalue weighted by Crippen LogP contribution is -2.33. The van der Waals surface area contributed by atoms with Crippen molar-refractivity contribution < 1.29 is 14.3 Å². The number of benzene rings is 1. The summed E-state index contributed by atoms with van der Waals surface area (Å²) >= 11 is 0. The molecule has 3 aromatic rings. The molecule has 0 aliphatic heterocycles. The predicted octanol–water partition coefficient (Wildman–Crippen LogP) is 0.664. The fraction of sp³-hybridized carbons (Fsp3) is 0.176. The van der Waals surface area contributed by atoms with E-state index < -0.39 is 28.6 Å². The number of hydrogen-bond donors (Lipinski definition) is 1. The Morgan fingerprint density at radius 3 is 2.68 bits per heavy atom. The summed E-state index contributed by atoms with van der Waals surface area (Å²) in [6, 6.07) is 6.76. The van der Waals surface area contributed by atoms with Crippen LogP contribution >= 0.6 is 0 Å². The smallest absolute Gasteiger partial charge is 0.329 e. The molecule has 0 aliphatic rings. The number of H-pyrrole nitrogens is 1. The Kier molecular flexibility index (Phi) is 4.18. The number of carbonyl (C=O) groups excluding carboxylic acids is 1. The molecule has 1 aromatic carbocycles. The average molecular weight is 342 g/mol. The predicted molar refractivity (Wildman–Crippen MR) is 86.6 cm³/mol. The van der Waals surface area contributed by atoms with E-state index in [1.165, 1.54) is 18.2 Å². The zero-order valence-electron chi connectivity index (χ0n) is 13.2. The minimum absolute atomic E-state index is 0.000321. The number of carbonyl (C=O) groups is 1. The molecule has 3 rings (SSSR count). The number of rotatable bonds is 4. The third-order valence-corrected chi connectivity index (χ3v) is 3.77. The van der Waals surface area contributed by atoms with Crippen LogP contribution in [-0.2, 0) is 6.54 Å². The lowest BCUT2D eigenvalue weighted by molar-refractivity contribution is -0.254. The number of aromatic nitrogens is 3. The van der Waals surface area contributed by atoms with Gasteiger partial charge in [0.15, 0.2) is 5.65 Å². The molecule has 0 atom stereocenters. The van der Waals surface area contributed by atoms with Crippen LogP contribution in [0.3, 0.4) is 0 Å². The molecule has 0 radical (unpaired) electrons. The van der Waals surface area contributed by atoms with E-state index in [-0.39, 0.29) is 28.8 Å². The molecular formula is C17H13FN3O4-. The number of carboxylic acids is 1. The number of aromatic amines is 1. The Labute approximate surface area is 140 Å². The van der Waals surface area contributed by atoms with Crippen molar-refractivity contribution in [3.8, 4) is 11.3 Å². The summed E-state index contributed by atoms with van der Waals surface area (Å²) in [6.45, 7) is 2.02. The number of carboxylic acid groups (broad SMARTS) is 1. The van der Waals surface area contributed by atoms with Crippen molar-refractivity contribution >= 4 is 17.0 Å². The van der Waals surface area contributed by atoms with Gasteiger partial charge in [-0.2, -0.15) is 0 Å². The molecular weight excluding hydrogens is 329 g/mol. The zero-order chi connectivity index (χ0) is 18.1. The highest BCUT2D eigenvalue weighted by Crippen LogP contribution is 2.24. The van der Waals surface area contributed by atoms with E-state index in [1.807, 2.05) is 6.92 Å². The molecule has 25 heavy (non-hydrogen) atoms. The van der Waals surface area contributed by atoms with Crippen LogP contribution < -0.4 is 16.4 Å². The second-order valence-corrected chi connectivity index (χ2v) is 5.43. The van der Waals surface area contributed by atoms with Gasteiger partial charge >= 0.3 is 5.69 Å². The molecule has 0 spiro atoms. The Balaban J connectivity index is 2.49. The first kappa shape index (κ1) is 16.6. The summed E-state index contributed by atoms with van der Waals surface area (Å²) in [7, 11) is 0. The second-order valence-electron chi connectivity index (χ2n) is 5.43. The fourth-order valence-corrected chi connectivity index (χ4v) is 2.67. The number of hydrogen-bond acceptors (Lipinski definition) is 5. The van der Waals surface area contributed by atoms with Gasteiger partial charge in [-0.25, -0.2) is 14.2 Å². The van der Waals surface area contributed by atoms with Crippen molar-refractivity contribution in [1.29, 1.82) is 0 Å². The van der Waals surface area contributed by atoms with Gasteiger partial charge in [0.05, 0.1) is 17.0 Å². The average Bonchev–Trinajstić information content (AvgIpc) is 2.57. The molecule has 0 fully saturated rings. The first-order valence-electron chi connectivity index (χ1n) is 7.58. The first-order chi connectivity index (χ1) is 11.9. The van der Waals surface area contributed by atoms with Crippen LogP contribution in [0.4, 0.5) is 4.39 Å². The van der Waals surface area contributed by atoms with Gasteiger partial charge in [-0.3, -0.25) is 14.3 Å². The van der Waals surface area contributed by atoms with Crippen LogP contribution in [0.1, 0.15) is 23.7 Å². The van der Waals surface area contributed by atoms with Crippen LogP contribution in [0.5, 0.6) is 0 Å². The summed E-state index contributed by atoms with van der Waals surface area (Å²) in [5.41, 5.74) is -2.09. The van der Waals surface area contributed by atoms with E-state index in [2.05, 4.69) is 9.97 Å². The van der Waals surface area contributed by atoms with Crippen LogP contribution in [0, 0.1) is 5.82 Å². The molecule has 2 heterocycles. The standard InChI is InChI=1S/C17H14FN3O4/c1-2-7-21-14-13(15(22)20-17(21)25)10(16(23)24)8-12(19-14)9-5-3-4-6-11(9)18/h3-6,8H,2,7H2,1H3,(H,23,24)(H,20,22,25)/p-1. The summed E-state index contributed by atoms with van der Waals surface area (Å²) < 4.78 is 15.2. The molecule has 1 N–H and O–H groups in total. The quantitative estimate of drug-likeness (QED) is 0.749. The number of nitrogens with one attached hydrogen (secondary N) is 1. The van der Waals surface area contributed by atoms with Gasteiger partial charge in [-0.05, 0) is 24.6 Å². The highest BCUT2D eigenvalue weighted by atomic mass is 19.1. The van der Waals surface area contributed by atoms with Crippen molar-refractivity contribution in [1.82, 2.24) is 14.5 Å². The Morgan fingerprint density at radius 1 is 1.32 bits per heavy atom. The lowest BCUT2D eigenvalue weighted by atomic mass is 10.1. The molecule has 0 unspecified atom stereocenters. The molecule has 2 aromatic heterocycles. The molecule has 0 aliphatic carbocycles. The van der Waals surface area contributed by atoms with E-state index in [0.717, 1.165) is 10.6 Å². The van der Waals surface area contributed by atoms with Crippen LogP contribution in [0.2, 0.25) is 0 Å². The van der Waals surface area contributed by atoms with Gasteiger partial charge in [0.2, 0.25) is 0 Å². The second kappa shape index (κ2) is 6.31. The lowest BCUT2D eigenvalue weighted by Gasteiger charge is -2.13. The summed E-state index contributed by atoms with van der Waals surface area (Å²) in [5, 5.41) is 11.2. The van der Waals surface area contributed by atoms with Gasteiger partial charge in [-0.15, -0.1) is 0 Å². The van der Waals surface area contributed by atoms with Crippen LogP contribution in [-0.4, -0.2) is 20.5 Å². The minimum Gasteiger partial charge on any atom is -0.545 e. The van der Waals surface area contributed by atoms with Crippen molar-refractivity contribution in [3.63, 3.8) is 0 Å². The monoisotopic (exact) mass is 342 g/mol. The maximum atomic E-state index is 14.1. The third kappa shape index (κ3) is 2.82. The number of halogens is 1. The molecule has 0 saturated carbocycles. The summed E-state index contributed by atoms with van der Waals surface area (Å²) in [4.78, 5) is 42.0. The molecule has 0 amide bonds. The van der Waals surface area contributed by atoms with Crippen molar-refractivity contribution in [2.45, 2.75) is 19.9 Å². The molecule has 8 heteroatoms. The number of pyridine rings is 1. The highest BCUT2D eigenvalue weighted by Gasteiger charge is 2.17. The van der Waals surface area contributed by atoms with E-state index in [1.54, 1.807) is 6.07 Å². The first-order valence-corrected chi connectivity index (χ1v) is 7.58. The third-order valence-electron chi connectivity index (χ3n) is 3.77. The maximum absolute atomic E-state index is 14.1. The Morgan fingerprint density at radius 2 is 2.04 bits per heavy atom. The summed E-state index contributed by atoms with van der Waals surface area (Å²) in [5.74, 6) is -2.22. The van der Waals surface area contributed by atoms with Crippen LogP contribution in [0.25, 0.3) is 22.3 Å². The minimum atomic E-state index is -1.61. The fourth-order valence-electron chi connectivity index (χ4n) is 2.67. The summed E-state index contributed by atoms with van der Waals surface area (Å²) in [6.07, 6.45) is 0.549. The number of fused-ring (bicyclic) bond motifs is 1. The van der Waals surface area contributed by atoms with E-state index in [4.69, 9.17) is 0 Å². The maximum Gasteiger partial charge on any atom is 0.329 e. The van der Waals surface area contributed by atoms with Gasteiger partial charge in [0, 0.05) is 17.7 Å². The van der Waals surface area contributed by atoms with E-state index in [0.29, 0.717) is 6.42 Å². The topological polar surface area (TPSA) is 108 Å². The van der Waals surface area contributed by atoms with Gasteiger partial charge < -0.3 is 9.90 Å². The van der Waals surface area contributed by atoms with Crippen LogP contribution in [0.15, 0.2) is 39.9 Å². The Bertz CT molecular complexity index is 1100. The Hall–Kier alpha value is -3.29. The van der Waals surface area contributed by atoms with Gasteiger partial charge in [-0.1, -0.05) is 19.1 Å².